The highest BCUT2D eigenvalue weighted by atomic mass is 15.2. The largest absolute Gasteiger partial charge is 0.278 e. The first kappa shape index (κ1) is 35.4. The van der Waals surface area contributed by atoms with Gasteiger partial charge in [-0.3, -0.25) is 4.57 Å². The van der Waals surface area contributed by atoms with Crippen molar-refractivity contribution in [3.63, 3.8) is 0 Å². The molecule has 0 radical (unpaired) electrons. The highest BCUT2D eigenvalue weighted by Crippen LogP contribution is 2.43. The average molecular weight is 800 g/mol. The van der Waals surface area contributed by atoms with E-state index in [0.29, 0.717) is 5.95 Å². The van der Waals surface area contributed by atoms with Gasteiger partial charge < -0.3 is 0 Å². The standard InChI is InChI=1S/C60H37N3/c1-4-16-38(17-5-1)43-28-31-50-54-32-41-22-10-11-23-42(41)34-58(54)63(57(50)35-43)60-61-56-37-52(40-20-8-3-9-21-40)51(39-18-6-2-7-19-39)36-55(56)59(62-60)44-29-30-49-47-26-13-12-24-45(47)46-25-14-15-27-48(46)53(49)33-44/h1-37H. The van der Waals surface area contributed by atoms with E-state index in [1.165, 1.54) is 54.0 Å². The van der Waals surface area contributed by atoms with Gasteiger partial charge in [0, 0.05) is 21.7 Å². The summed E-state index contributed by atoms with van der Waals surface area (Å²) < 4.78 is 2.30. The summed E-state index contributed by atoms with van der Waals surface area (Å²) in [7, 11) is 0. The number of benzene rings is 11. The molecule has 0 fully saturated rings. The molecular weight excluding hydrogens is 763 g/mol. The van der Waals surface area contributed by atoms with E-state index in [9.17, 15) is 0 Å². The molecule has 3 heteroatoms. The summed E-state index contributed by atoms with van der Waals surface area (Å²) in [5, 5.41) is 13.1. The Labute approximate surface area is 363 Å². The number of hydrogen-bond donors (Lipinski definition) is 0. The van der Waals surface area contributed by atoms with Crippen molar-refractivity contribution in [1.82, 2.24) is 14.5 Å². The number of nitrogens with zero attached hydrogens (tertiary/aromatic N) is 3. The van der Waals surface area contributed by atoms with Crippen LogP contribution in [0.15, 0.2) is 224 Å². The lowest BCUT2D eigenvalue weighted by Gasteiger charge is -2.17. The Balaban J connectivity index is 1.17. The van der Waals surface area contributed by atoms with Crippen LogP contribution in [0.2, 0.25) is 0 Å². The molecule has 0 saturated carbocycles. The molecule has 0 atom stereocenters. The van der Waals surface area contributed by atoms with Crippen LogP contribution in [0.5, 0.6) is 0 Å². The predicted molar refractivity (Wildman–Crippen MR) is 266 cm³/mol. The first-order chi connectivity index (χ1) is 31.2. The quantitative estimate of drug-likeness (QED) is 0.162. The van der Waals surface area contributed by atoms with Gasteiger partial charge >= 0.3 is 0 Å². The van der Waals surface area contributed by atoms with Crippen molar-refractivity contribution in [2.24, 2.45) is 0 Å². The van der Waals surface area contributed by atoms with Gasteiger partial charge in [-0.1, -0.05) is 188 Å². The van der Waals surface area contributed by atoms with Gasteiger partial charge in [0.05, 0.1) is 22.2 Å². The van der Waals surface area contributed by atoms with Crippen LogP contribution in [0.25, 0.3) is 126 Å². The van der Waals surface area contributed by atoms with Gasteiger partial charge in [0.2, 0.25) is 5.95 Å². The van der Waals surface area contributed by atoms with Gasteiger partial charge in [0.15, 0.2) is 0 Å². The zero-order valence-corrected chi connectivity index (χ0v) is 34.2. The van der Waals surface area contributed by atoms with Gasteiger partial charge in [-0.25, -0.2) is 9.97 Å². The highest BCUT2D eigenvalue weighted by molar-refractivity contribution is 6.26. The zero-order valence-electron chi connectivity index (χ0n) is 34.2. The van der Waals surface area contributed by atoms with E-state index in [0.717, 1.165) is 66.4 Å². The number of rotatable bonds is 5. The van der Waals surface area contributed by atoms with Crippen LogP contribution in [0.1, 0.15) is 0 Å². The van der Waals surface area contributed by atoms with Crippen molar-refractivity contribution < 1.29 is 0 Å². The maximum atomic E-state index is 5.73. The second kappa shape index (κ2) is 14.1. The summed E-state index contributed by atoms with van der Waals surface area (Å²) in [5.74, 6) is 0.632. The summed E-state index contributed by atoms with van der Waals surface area (Å²) in [6, 6.07) is 81.1. The first-order valence-electron chi connectivity index (χ1n) is 21.6. The number of fused-ring (bicyclic) bond motifs is 11. The summed E-state index contributed by atoms with van der Waals surface area (Å²) in [6.45, 7) is 0. The van der Waals surface area contributed by atoms with E-state index in [1.807, 2.05) is 0 Å². The maximum absolute atomic E-state index is 5.73. The number of hydrogen-bond acceptors (Lipinski definition) is 2. The fraction of sp³-hybridized carbons (Fsp3) is 0. The van der Waals surface area contributed by atoms with E-state index in [2.05, 4.69) is 229 Å². The lowest BCUT2D eigenvalue weighted by molar-refractivity contribution is 1.01. The first-order valence-corrected chi connectivity index (χ1v) is 21.6. The fourth-order valence-corrected chi connectivity index (χ4v) is 9.98. The fourth-order valence-electron chi connectivity index (χ4n) is 9.98. The molecule has 0 aliphatic heterocycles. The van der Waals surface area contributed by atoms with Crippen molar-refractivity contribution in [2.45, 2.75) is 0 Å². The molecule has 2 heterocycles. The Morgan fingerprint density at radius 2 is 0.762 bits per heavy atom. The highest BCUT2D eigenvalue weighted by Gasteiger charge is 2.22. The normalized spacial score (nSPS) is 11.8. The summed E-state index contributed by atoms with van der Waals surface area (Å²) in [5.41, 5.74) is 11.8. The molecule has 0 spiro atoms. The lowest BCUT2D eigenvalue weighted by Crippen LogP contribution is -2.04. The summed E-state index contributed by atoms with van der Waals surface area (Å²) >= 11 is 0. The van der Waals surface area contributed by atoms with Crippen molar-refractivity contribution in [1.29, 1.82) is 0 Å². The second-order valence-corrected chi connectivity index (χ2v) is 16.5. The molecule has 13 aromatic rings. The Morgan fingerprint density at radius 1 is 0.270 bits per heavy atom. The Morgan fingerprint density at radius 3 is 1.41 bits per heavy atom. The molecule has 0 bridgehead atoms. The molecule has 13 rings (SSSR count). The van der Waals surface area contributed by atoms with Crippen LogP contribution < -0.4 is 0 Å². The minimum absolute atomic E-state index is 0.632. The molecular formula is C60H37N3. The molecule has 63 heavy (non-hydrogen) atoms. The molecule has 0 saturated heterocycles. The van der Waals surface area contributed by atoms with Crippen molar-refractivity contribution in [3.8, 4) is 50.6 Å². The number of aromatic nitrogens is 3. The molecule has 3 nitrogen and oxygen atoms in total. The maximum Gasteiger partial charge on any atom is 0.235 e. The van der Waals surface area contributed by atoms with Crippen LogP contribution in [0.3, 0.4) is 0 Å². The van der Waals surface area contributed by atoms with Crippen LogP contribution in [-0.4, -0.2) is 14.5 Å². The molecule has 0 N–H and O–H groups in total. The Kier molecular flexibility index (Phi) is 7.91. The minimum Gasteiger partial charge on any atom is -0.278 e. The van der Waals surface area contributed by atoms with E-state index in [-0.39, 0.29) is 0 Å². The monoisotopic (exact) mass is 799 g/mol. The van der Waals surface area contributed by atoms with E-state index < -0.39 is 0 Å². The molecule has 292 valence electrons. The van der Waals surface area contributed by atoms with Crippen LogP contribution in [0.4, 0.5) is 0 Å². The topological polar surface area (TPSA) is 30.7 Å². The molecule has 0 aliphatic carbocycles. The minimum atomic E-state index is 0.632. The van der Waals surface area contributed by atoms with Crippen molar-refractivity contribution >= 4 is 75.8 Å². The van der Waals surface area contributed by atoms with Gasteiger partial charge in [0.25, 0.3) is 0 Å². The van der Waals surface area contributed by atoms with Crippen LogP contribution in [-0.2, 0) is 0 Å². The summed E-state index contributed by atoms with van der Waals surface area (Å²) in [6.07, 6.45) is 0. The van der Waals surface area contributed by atoms with Gasteiger partial charge in [-0.05, 0) is 113 Å². The van der Waals surface area contributed by atoms with Gasteiger partial charge in [-0.2, -0.15) is 0 Å². The van der Waals surface area contributed by atoms with E-state index in [1.54, 1.807) is 0 Å². The lowest BCUT2D eigenvalue weighted by atomic mass is 9.90. The second-order valence-electron chi connectivity index (χ2n) is 16.5. The van der Waals surface area contributed by atoms with E-state index in [4.69, 9.17) is 9.97 Å². The molecule has 0 aliphatic rings. The predicted octanol–water partition coefficient (Wildman–Crippen LogP) is 16.0. The molecule has 0 unspecified atom stereocenters. The smallest absolute Gasteiger partial charge is 0.235 e. The average Bonchev–Trinajstić information content (AvgIpc) is 3.68. The Bertz CT molecular complexity index is 3910. The third-order valence-electron chi connectivity index (χ3n) is 13.0. The van der Waals surface area contributed by atoms with Crippen LogP contribution >= 0.6 is 0 Å². The zero-order chi connectivity index (χ0) is 41.4. The van der Waals surface area contributed by atoms with Gasteiger partial charge in [-0.15, -0.1) is 0 Å². The third-order valence-corrected chi connectivity index (χ3v) is 13.0. The molecule has 2 aromatic heterocycles. The molecule has 11 aromatic carbocycles. The van der Waals surface area contributed by atoms with Crippen molar-refractivity contribution in [2.75, 3.05) is 0 Å². The van der Waals surface area contributed by atoms with Crippen LogP contribution in [0, 0.1) is 0 Å². The van der Waals surface area contributed by atoms with E-state index >= 15 is 0 Å². The third kappa shape index (κ3) is 5.67. The molecule has 0 amide bonds. The van der Waals surface area contributed by atoms with Crippen molar-refractivity contribution in [3.05, 3.63) is 224 Å². The Hall–Kier alpha value is -8.40. The van der Waals surface area contributed by atoms with Gasteiger partial charge in [0.1, 0.15) is 0 Å². The summed E-state index contributed by atoms with van der Waals surface area (Å²) in [4.78, 5) is 11.3. The SMILES string of the molecule is c1ccc(-c2ccc3c4cc5ccccc5cc4n(-c4nc(-c5ccc6c7ccccc7c7ccccc7c6c5)c5cc(-c6ccccc6)c(-c6ccccc6)cc5n4)c3c2)cc1.